The highest BCUT2D eigenvalue weighted by Gasteiger charge is 2.44. The number of aliphatic hydroxyl groups excluding tert-OH is 1. The molecule has 1 aliphatic heterocycles. The number of aliphatic carboxylic acids is 1. The van der Waals surface area contributed by atoms with Crippen LogP contribution in [-0.2, 0) is 25.7 Å². The van der Waals surface area contributed by atoms with Crippen LogP contribution in [0.25, 0.3) is 10.4 Å². The fourth-order valence-corrected chi connectivity index (χ4v) is 7.33. The average Bonchev–Trinajstić information content (AvgIpc) is 3.68. The van der Waals surface area contributed by atoms with Crippen LogP contribution in [0.3, 0.4) is 0 Å². The number of β-amino-alcohol motifs (C(OH)–C–C–N with tert-alkyl or cyclic N) is 1. The quantitative estimate of drug-likeness (QED) is 0.0947. The van der Waals surface area contributed by atoms with Crippen LogP contribution in [0.4, 0.5) is 0 Å². The lowest BCUT2D eigenvalue weighted by molar-refractivity contribution is -0.144. The summed E-state index contributed by atoms with van der Waals surface area (Å²) >= 11 is 1.59. The zero-order chi connectivity index (χ0) is 36.5. The Morgan fingerprint density at radius 3 is 1.92 bits per heavy atom. The number of benzene rings is 1. The van der Waals surface area contributed by atoms with Gasteiger partial charge in [-0.3, -0.25) is 19.2 Å². The third-order valence-corrected chi connectivity index (χ3v) is 10.5. The summed E-state index contributed by atoms with van der Waals surface area (Å²) in [7, 11) is 0. The summed E-state index contributed by atoms with van der Waals surface area (Å²) in [5.74, 6) is -1.53. The second-order valence-electron chi connectivity index (χ2n) is 14.9. The normalized spacial score (nSPS) is 16.7. The van der Waals surface area contributed by atoms with E-state index in [1.54, 1.807) is 11.3 Å². The molecule has 1 saturated heterocycles. The van der Waals surface area contributed by atoms with Gasteiger partial charge in [0.15, 0.2) is 0 Å². The van der Waals surface area contributed by atoms with E-state index in [-0.39, 0.29) is 37.1 Å². The third-order valence-electron chi connectivity index (χ3n) is 9.51. The molecule has 1 aromatic heterocycles. The summed E-state index contributed by atoms with van der Waals surface area (Å²) in [5, 5.41) is 25.1. The maximum absolute atomic E-state index is 13.9. The lowest BCUT2D eigenvalue weighted by Gasteiger charge is -2.35. The Kier molecular flexibility index (Phi) is 17.4. The molecule has 3 amide bonds. The Bertz CT molecular complexity index is 1360. The van der Waals surface area contributed by atoms with E-state index in [9.17, 15) is 24.3 Å². The maximum Gasteiger partial charge on any atom is 0.303 e. The fraction of sp³-hybridized carbons (Fsp3) is 0.667. The van der Waals surface area contributed by atoms with Crippen LogP contribution in [0.2, 0.25) is 0 Å². The summed E-state index contributed by atoms with van der Waals surface area (Å²) < 4.78 is 0. The van der Waals surface area contributed by atoms with Gasteiger partial charge >= 0.3 is 5.97 Å². The summed E-state index contributed by atoms with van der Waals surface area (Å²) in [6.45, 7) is 8.03. The van der Waals surface area contributed by atoms with Crippen LogP contribution >= 0.6 is 11.3 Å². The van der Waals surface area contributed by atoms with Gasteiger partial charge in [-0.15, -0.1) is 11.3 Å². The van der Waals surface area contributed by atoms with Gasteiger partial charge in [-0.1, -0.05) is 116 Å². The van der Waals surface area contributed by atoms with E-state index in [0.29, 0.717) is 13.0 Å². The molecule has 278 valence electrons. The molecule has 1 aliphatic rings. The van der Waals surface area contributed by atoms with E-state index in [1.807, 2.05) is 57.5 Å². The number of carboxylic acid groups (broad SMARTS) is 1. The van der Waals surface area contributed by atoms with Crippen molar-refractivity contribution < 1.29 is 29.4 Å². The molecule has 11 heteroatoms. The van der Waals surface area contributed by atoms with Gasteiger partial charge in [0, 0.05) is 32.4 Å². The summed E-state index contributed by atoms with van der Waals surface area (Å²) in [6.07, 6.45) is 14.1. The first-order valence-corrected chi connectivity index (χ1v) is 19.5. The first-order chi connectivity index (χ1) is 23.9. The number of nitrogens with one attached hydrogen (secondary N) is 2. The number of unbranched alkanes of at least 4 members (excludes halogenated alkanes) is 12. The van der Waals surface area contributed by atoms with Gasteiger partial charge in [-0.05, 0) is 36.3 Å². The molecule has 3 rings (SSSR count). The molecule has 1 fully saturated rings. The first kappa shape index (κ1) is 41.1. The van der Waals surface area contributed by atoms with Crippen molar-refractivity contribution in [2.45, 2.75) is 155 Å². The van der Waals surface area contributed by atoms with E-state index in [4.69, 9.17) is 5.11 Å². The van der Waals surface area contributed by atoms with Crippen molar-refractivity contribution >= 4 is 35.0 Å². The van der Waals surface area contributed by atoms with Crippen molar-refractivity contribution in [3.63, 3.8) is 0 Å². The maximum atomic E-state index is 13.9. The Labute approximate surface area is 302 Å². The molecule has 0 saturated carbocycles. The van der Waals surface area contributed by atoms with Crippen molar-refractivity contribution in [3.8, 4) is 10.4 Å². The third kappa shape index (κ3) is 14.1. The topological polar surface area (TPSA) is 149 Å². The highest BCUT2D eigenvalue weighted by molar-refractivity contribution is 7.13. The van der Waals surface area contributed by atoms with Crippen molar-refractivity contribution in [1.82, 2.24) is 20.5 Å². The molecular formula is C39H60N4O6S. The smallest absolute Gasteiger partial charge is 0.303 e. The van der Waals surface area contributed by atoms with Crippen LogP contribution in [0.1, 0.15) is 135 Å². The second-order valence-corrected chi connectivity index (χ2v) is 15.8. The molecule has 50 heavy (non-hydrogen) atoms. The predicted octanol–water partition coefficient (Wildman–Crippen LogP) is 7.16. The number of aromatic nitrogens is 1. The largest absolute Gasteiger partial charge is 0.481 e. The van der Waals surface area contributed by atoms with Crippen LogP contribution < -0.4 is 10.6 Å². The van der Waals surface area contributed by atoms with Crippen molar-refractivity contribution in [2.75, 3.05) is 6.54 Å². The van der Waals surface area contributed by atoms with Gasteiger partial charge < -0.3 is 25.7 Å². The number of aryl methyl sites for hydroxylation is 1. The van der Waals surface area contributed by atoms with E-state index < -0.39 is 29.6 Å². The lowest BCUT2D eigenvalue weighted by Crippen LogP contribution is -2.57. The minimum absolute atomic E-state index is 0.0524. The van der Waals surface area contributed by atoms with Crippen molar-refractivity contribution in [3.05, 3.63) is 41.0 Å². The van der Waals surface area contributed by atoms with Gasteiger partial charge in [0.25, 0.3) is 0 Å². The number of rotatable bonds is 22. The lowest BCUT2D eigenvalue weighted by atomic mass is 9.85. The molecule has 0 bridgehead atoms. The first-order valence-electron chi connectivity index (χ1n) is 18.6. The monoisotopic (exact) mass is 712 g/mol. The molecule has 4 N–H and O–H groups in total. The zero-order valence-corrected chi connectivity index (χ0v) is 31.5. The zero-order valence-electron chi connectivity index (χ0n) is 30.7. The molecule has 2 aromatic rings. The number of carbonyl (C=O) groups is 4. The summed E-state index contributed by atoms with van der Waals surface area (Å²) in [4.78, 5) is 57.6. The molecular weight excluding hydrogens is 653 g/mol. The number of amides is 3. The Morgan fingerprint density at radius 1 is 0.880 bits per heavy atom. The van der Waals surface area contributed by atoms with Gasteiger partial charge in [0.2, 0.25) is 17.7 Å². The fourth-order valence-electron chi connectivity index (χ4n) is 6.52. The number of hydrogen-bond donors (Lipinski definition) is 4. The van der Waals surface area contributed by atoms with Gasteiger partial charge in [-0.25, -0.2) is 4.98 Å². The summed E-state index contributed by atoms with van der Waals surface area (Å²) in [6, 6.07) is 6.32. The van der Waals surface area contributed by atoms with Gasteiger partial charge in [0.1, 0.15) is 12.1 Å². The second kappa shape index (κ2) is 21.1. The summed E-state index contributed by atoms with van der Waals surface area (Å²) in [5.41, 5.74) is 4.22. The molecule has 1 unspecified atom stereocenters. The van der Waals surface area contributed by atoms with Crippen LogP contribution in [0.5, 0.6) is 0 Å². The van der Waals surface area contributed by atoms with Crippen molar-refractivity contribution in [2.24, 2.45) is 5.41 Å². The molecule has 0 aliphatic carbocycles. The molecule has 0 spiro atoms. The average molecular weight is 713 g/mol. The number of nitrogens with zero attached hydrogens (tertiary/aromatic N) is 2. The van der Waals surface area contributed by atoms with Gasteiger partial charge in [-0.2, -0.15) is 0 Å². The van der Waals surface area contributed by atoms with Gasteiger partial charge in [0.05, 0.1) is 22.2 Å². The predicted molar refractivity (Wildman–Crippen MR) is 199 cm³/mol. The molecule has 2 heterocycles. The standard InChI is InChI=1S/C39H60N4O6S/c1-28-35(50-27-41-28)30-22-20-29(21-23-30)25-40-37(48)32-24-31(44)26-43(32)38(49)36(39(2,3)4)42-33(45)18-16-14-12-10-8-6-5-7-9-11-13-15-17-19-34(46)47/h20-23,27,31-32,36,44H,5-19,24-26H2,1-4H3,(H,40,48)(H,42,45)(H,46,47)/t31-,32+,36?/m1/s1. The minimum Gasteiger partial charge on any atom is -0.481 e. The minimum atomic E-state index is -0.817. The molecule has 0 radical (unpaired) electrons. The SMILES string of the molecule is Cc1ncsc1-c1ccc(CNC(=O)[C@@H]2C[C@@H](O)CN2C(=O)C(NC(=O)CCCCCCCCCCCCCCCC(=O)O)C(C)(C)C)cc1. The Morgan fingerprint density at radius 2 is 1.42 bits per heavy atom. The van der Waals surface area contributed by atoms with E-state index >= 15 is 0 Å². The highest BCUT2D eigenvalue weighted by atomic mass is 32.1. The Hall–Kier alpha value is -3.31. The van der Waals surface area contributed by atoms with E-state index in [0.717, 1.165) is 66.6 Å². The number of aliphatic hydroxyl groups is 1. The number of likely N-dealkylation sites (tertiary alicyclic amines) is 1. The van der Waals surface area contributed by atoms with Crippen LogP contribution in [-0.4, -0.2) is 68.5 Å². The number of carbonyl (C=O) groups excluding carboxylic acids is 3. The molecule has 1 aromatic carbocycles. The van der Waals surface area contributed by atoms with Crippen LogP contribution in [0, 0.1) is 12.3 Å². The van der Waals surface area contributed by atoms with Crippen LogP contribution in [0.15, 0.2) is 29.8 Å². The number of carboxylic acids is 1. The Balaban J connectivity index is 1.36. The van der Waals surface area contributed by atoms with E-state index in [1.165, 1.54) is 43.4 Å². The number of thiazole rings is 1. The van der Waals surface area contributed by atoms with E-state index in [2.05, 4.69) is 15.6 Å². The molecule has 3 atom stereocenters. The highest BCUT2D eigenvalue weighted by Crippen LogP contribution is 2.28. The molecule has 10 nitrogen and oxygen atoms in total. The van der Waals surface area contributed by atoms with Crippen molar-refractivity contribution in [1.29, 1.82) is 0 Å². The number of hydrogen-bond acceptors (Lipinski definition) is 7.